The molecule has 0 spiro atoms. The van der Waals surface area contributed by atoms with E-state index in [0.717, 1.165) is 11.3 Å². The van der Waals surface area contributed by atoms with Crippen molar-refractivity contribution in [3.05, 3.63) is 53.3 Å². The zero-order valence-corrected chi connectivity index (χ0v) is 10.8. The van der Waals surface area contributed by atoms with E-state index >= 15 is 0 Å². The fraction of sp³-hybridized carbons (Fsp3) is 0.143. The Labute approximate surface area is 111 Å². The molecule has 0 saturated carbocycles. The highest BCUT2D eigenvalue weighted by molar-refractivity contribution is 5.99. The smallest absolute Gasteiger partial charge is 0.173 e. The van der Waals surface area contributed by atoms with E-state index in [1.54, 1.807) is 24.4 Å². The molecule has 0 fully saturated rings. The van der Waals surface area contributed by atoms with E-state index in [1.165, 1.54) is 0 Å². The van der Waals surface area contributed by atoms with E-state index in [0.29, 0.717) is 17.1 Å². The summed E-state index contributed by atoms with van der Waals surface area (Å²) in [6.45, 7) is 3.78. The van der Waals surface area contributed by atoms with Crippen LogP contribution < -0.4 is 10.5 Å². The van der Waals surface area contributed by atoms with Crippen molar-refractivity contribution in [1.82, 2.24) is 4.98 Å². The van der Waals surface area contributed by atoms with Crippen LogP contribution in [-0.4, -0.2) is 16.0 Å². The predicted octanol–water partition coefficient (Wildman–Crippen LogP) is 2.59. The third kappa shape index (κ3) is 2.82. The molecule has 1 aromatic heterocycles. The van der Waals surface area contributed by atoms with Crippen molar-refractivity contribution in [1.29, 1.82) is 0 Å². The SMILES string of the molecule is Cc1ccc(Oc2cccnc2C)c(/C(N)=N/O)c1. The van der Waals surface area contributed by atoms with Gasteiger partial charge in [-0.2, -0.15) is 0 Å². The molecule has 0 amide bonds. The summed E-state index contributed by atoms with van der Waals surface area (Å²) in [5.74, 6) is 1.18. The molecule has 0 saturated heterocycles. The monoisotopic (exact) mass is 257 g/mol. The lowest BCUT2D eigenvalue weighted by molar-refractivity contribution is 0.318. The molecule has 5 nitrogen and oxygen atoms in total. The molecule has 0 bridgehead atoms. The predicted molar refractivity (Wildman–Crippen MR) is 72.7 cm³/mol. The van der Waals surface area contributed by atoms with Crippen molar-refractivity contribution in [2.45, 2.75) is 13.8 Å². The number of aryl methyl sites for hydroxylation is 2. The number of ether oxygens (including phenoxy) is 1. The van der Waals surface area contributed by atoms with E-state index in [1.807, 2.05) is 26.0 Å². The van der Waals surface area contributed by atoms with Gasteiger partial charge in [-0.15, -0.1) is 0 Å². The topological polar surface area (TPSA) is 80.7 Å². The van der Waals surface area contributed by atoms with Crippen LogP contribution in [0.25, 0.3) is 0 Å². The number of nitrogens with zero attached hydrogens (tertiary/aromatic N) is 2. The maximum absolute atomic E-state index is 8.82. The second-order valence-corrected chi connectivity index (χ2v) is 4.17. The Morgan fingerprint density at radius 1 is 1.26 bits per heavy atom. The summed E-state index contributed by atoms with van der Waals surface area (Å²) < 4.78 is 5.78. The minimum absolute atomic E-state index is 0.0141. The fourth-order valence-electron chi connectivity index (χ4n) is 1.68. The Bertz CT molecular complexity index is 624. The number of pyridine rings is 1. The highest BCUT2D eigenvalue weighted by atomic mass is 16.5. The first-order valence-corrected chi connectivity index (χ1v) is 5.80. The van der Waals surface area contributed by atoms with Gasteiger partial charge in [-0.05, 0) is 38.1 Å². The minimum Gasteiger partial charge on any atom is -0.455 e. The molecule has 1 aromatic carbocycles. The number of oxime groups is 1. The third-order valence-electron chi connectivity index (χ3n) is 2.70. The number of nitrogens with two attached hydrogens (primary N) is 1. The standard InChI is InChI=1S/C14H15N3O2/c1-9-5-6-13(11(8-9)14(15)17-18)19-12-4-3-7-16-10(12)2/h3-8,18H,1-2H3,(H2,15,17). The molecule has 2 aromatic rings. The molecule has 2 rings (SSSR count). The maximum Gasteiger partial charge on any atom is 0.173 e. The van der Waals surface area contributed by atoms with Crippen molar-refractivity contribution in [3.8, 4) is 11.5 Å². The molecular formula is C14H15N3O2. The minimum atomic E-state index is 0.0141. The summed E-state index contributed by atoms with van der Waals surface area (Å²) in [7, 11) is 0. The number of amidine groups is 1. The highest BCUT2D eigenvalue weighted by Gasteiger charge is 2.11. The molecule has 0 aliphatic rings. The molecule has 3 N–H and O–H groups in total. The molecule has 0 radical (unpaired) electrons. The van der Waals surface area contributed by atoms with Crippen LogP contribution in [0.5, 0.6) is 11.5 Å². The van der Waals surface area contributed by atoms with E-state index < -0.39 is 0 Å². The van der Waals surface area contributed by atoms with E-state index in [-0.39, 0.29) is 5.84 Å². The Kier molecular flexibility index (Phi) is 3.66. The number of rotatable bonds is 3. The van der Waals surface area contributed by atoms with Gasteiger partial charge in [0, 0.05) is 6.20 Å². The van der Waals surface area contributed by atoms with Crippen LogP contribution in [0.1, 0.15) is 16.8 Å². The highest BCUT2D eigenvalue weighted by Crippen LogP contribution is 2.27. The van der Waals surface area contributed by atoms with Crippen LogP contribution in [0.2, 0.25) is 0 Å². The van der Waals surface area contributed by atoms with Crippen molar-refractivity contribution >= 4 is 5.84 Å². The van der Waals surface area contributed by atoms with Gasteiger partial charge in [0.05, 0.1) is 11.3 Å². The first-order valence-electron chi connectivity index (χ1n) is 5.80. The average molecular weight is 257 g/mol. The zero-order chi connectivity index (χ0) is 13.8. The van der Waals surface area contributed by atoms with Gasteiger partial charge in [-0.1, -0.05) is 16.8 Å². The van der Waals surface area contributed by atoms with Crippen LogP contribution in [-0.2, 0) is 0 Å². The summed E-state index contributed by atoms with van der Waals surface area (Å²) in [4.78, 5) is 4.15. The summed E-state index contributed by atoms with van der Waals surface area (Å²) in [6, 6.07) is 9.10. The fourth-order valence-corrected chi connectivity index (χ4v) is 1.68. The summed E-state index contributed by atoms with van der Waals surface area (Å²) in [5, 5.41) is 11.8. The third-order valence-corrected chi connectivity index (χ3v) is 2.70. The lowest BCUT2D eigenvalue weighted by Crippen LogP contribution is -2.14. The van der Waals surface area contributed by atoms with E-state index in [9.17, 15) is 0 Å². The lowest BCUT2D eigenvalue weighted by atomic mass is 10.1. The quantitative estimate of drug-likeness (QED) is 0.383. The number of aromatic nitrogens is 1. The van der Waals surface area contributed by atoms with Gasteiger partial charge in [0.1, 0.15) is 11.5 Å². The van der Waals surface area contributed by atoms with Gasteiger partial charge in [-0.3, -0.25) is 4.98 Å². The second-order valence-electron chi connectivity index (χ2n) is 4.17. The van der Waals surface area contributed by atoms with Gasteiger partial charge in [0.15, 0.2) is 5.84 Å². The van der Waals surface area contributed by atoms with Crippen LogP contribution >= 0.6 is 0 Å². The van der Waals surface area contributed by atoms with Gasteiger partial charge in [0.25, 0.3) is 0 Å². The van der Waals surface area contributed by atoms with Gasteiger partial charge in [-0.25, -0.2) is 0 Å². The molecule has 1 heterocycles. The summed E-state index contributed by atoms with van der Waals surface area (Å²) in [5.41, 5.74) is 7.98. The molecule has 19 heavy (non-hydrogen) atoms. The lowest BCUT2D eigenvalue weighted by Gasteiger charge is -2.12. The molecule has 0 aliphatic carbocycles. The van der Waals surface area contributed by atoms with Crippen molar-refractivity contribution in [3.63, 3.8) is 0 Å². The van der Waals surface area contributed by atoms with Crippen LogP contribution in [0.4, 0.5) is 0 Å². The second kappa shape index (κ2) is 5.39. The first kappa shape index (κ1) is 12.9. The molecule has 98 valence electrons. The number of hydrogen-bond acceptors (Lipinski definition) is 4. The first-order chi connectivity index (χ1) is 9.11. The van der Waals surface area contributed by atoms with Crippen molar-refractivity contribution in [2.75, 3.05) is 0 Å². The van der Waals surface area contributed by atoms with E-state index in [2.05, 4.69) is 10.1 Å². The normalized spacial score (nSPS) is 11.4. The van der Waals surface area contributed by atoms with Gasteiger partial charge in [0.2, 0.25) is 0 Å². The summed E-state index contributed by atoms with van der Waals surface area (Å²) in [6.07, 6.45) is 1.70. The number of benzene rings is 1. The van der Waals surface area contributed by atoms with Crippen LogP contribution in [0, 0.1) is 13.8 Å². The van der Waals surface area contributed by atoms with Crippen LogP contribution in [0.3, 0.4) is 0 Å². The van der Waals surface area contributed by atoms with Crippen molar-refractivity contribution in [2.24, 2.45) is 10.9 Å². The molecule has 0 aliphatic heterocycles. The Balaban J connectivity index is 2.43. The number of hydrogen-bond donors (Lipinski definition) is 2. The zero-order valence-electron chi connectivity index (χ0n) is 10.8. The van der Waals surface area contributed by atoms with Gasteiger partial charge < -0.3 is 15.7 Å². The Morgan fingerprint density at radius 3 is 2.74 bits per heavy atom. The molecule has 0 atom stereocenters. The van der Waals surface area contributed by atoms with Gasteiger partial charge >= 0.3 is 0 Å². The molecular weight excluding hydrogens is 242 g/mol. The Morgan fingerprint density at radius 2 is 2.05 bits per heavy atom. The van der Waals surface area contributed by atoms with Crippen molar-refractivity contribution < 1.29 is 9.94 Å². The maximum atomic E-state index is 8.82. The average Bonchev–Trinajstić information content (AvgIpc) is 2.42. The molecule has 0 unspecified atom stereocenters. The largest absolute Gasteiger partial charge is 0.455 e. The Hall–Kier alpha value is -2.56. The van der Waals surface area contributed by atoms with Crippen LogP contribution in [0.15, 0.2) is 41.7 Å². The molecule has 5 heteroatoms. The summed E-state index contributed by atoms with van der Waals surface area (Å²) >= 11 is 0. The van der Waals surface area contributed by atoms with E-state index in [4.69, 9.17) is 15.7 Å².